The van der Waals surface area contributed by atoms with Crippen LogP contribution >= 0.6 is 11.6 Å². The molecule has 4 heterocycles. The highest BCUT2D eigenvalue weighted by atomic mass is 35.5. The quantitative estimate of drug-likeness (QED) is 0.560. The maximum absolute atomic E-state index is 13.4. The van der Waals surface area contributed by atoms with Crippen molar-refractivity contribution in [2.45, 2.75) is 25.0 Å². The van der Waals surface area contributed by atoms with Gasteiger partial charge in [-0.3, -0.25) is 9.58 Å². The molecule has 182 valence electrons. The van der Waals surface area contributed by atoms with Crippen molar-refractivity contribution < 1.29 is 18.6 Å². The number of alkyl halides is 2. The van der Waals surface area contributed by atoms with E-state index >= 15 is 0 Å². The molecule has 0 aliphatic carbocycles. The standard InChI is InChI=1S/C22H26ClF2N7O2/c1-22(12-34-11-18(22)33)32-5-3-31(4-6-32)17-8-15-13(7-14(17)23)9-26-21(28-15)29-16-10-27-30(2)19(16)20(24)25/h7-10,18,20,33H,3-6,11-12H2,1-2H3,(H,26,28,29). The Kier molecular flexibility index (Phi) is 6.05. The Morgan fingerprint density at radius 3 is 2.68 bits per heavy atom. The molecule has 9 nitrogen and oxygen atoms in total. The topological polar surface area (TPSA) is 91.6 Å². The fourth-order valence-corrected chi connectivity index (χ4v) is 4.97. The first-order valence-corrected chi connectivity index (χ1v) is 11.4. The van der Waals surface area contributed by atoms with Gasteiger partial charge in [-0.05, 0) is 19.1 Å². The van der Waals surface area contributed by atoms with E-state index in [0.29, 0.717) is 23.8 Å². The average molecular weight is 494 g/mol. The second kappa shape index (κ2) is 8.88. The second-order valence-electron chi connectivity index (χ2n) is 8.91. The van der Waals surface area contributed by atoms with Gasteiger partial charge in [-0.25, -0.2) is 18.7 Å². The Bertz CT molecular complexity index is 1200. The zero-order valence-corrected chi connectivity index (χ0v) is 19.6. The fraction of sp³-hybridized carbons (Fsp3) is 0.500. The number of halogens is 3. The van der Waals surface area contributed by atoms with Crippen LogP contribution in [0.25, 0.3) is 10.9 Å². The third-order valence-corrected chi connectivity index (χ3v) is 7.12. The Hall–Kier alpha value is -2.60. The van der Waals surface area contributed by atoms with E-state index in [1.54, 1.807) is 6.20 Å². The highest BCUT2D eigenvalue weighted by Crippen LogP contribution is 2.34. The summed E-state index contributed by atoms with van der Waals surface area (Å²) in [6.45, 7) is 5.91. The molecule has 2 aromatic heterocycles. The molecule has 2 saturated heterocycles. The molecule has 2 atom stereocenters. The molecule has 34 heavy (non-hydrogen) atoms. The van der Waals surface area contributed by atoms with E-state index in [9.17, 15) is 13.9 Å². The van der Waals surface area contributed by atoms with Crippen LogP contribution in [0.4, 0.5) is 26.1 Å². The smallest absolute Gasteiger partial charge is 0.282 e. The van der Waals surface area contributed by atoms with Crippen LogP contribution in [0.3, 0.4) is 0 Å². The SMILES string of the molecule is Cn1ncc(Nc2ncc3cc(Cl)c(N4CCN(C5(C)COCC5O)CC4)cc3n2)c1C(F)F. The number of hydrogen-bond donors (Lipinski definition) is 2. The van der Waals surface area contributed by atoms with Crippen LogP contribution in [0.1, 0.15) is 19.0 Å². The van der Waals surface area contributed by atoms with Gasteiger partial charge in [-0.2, -0.15) is 5.10 Å². The normalized spacial score (nSPS) is 23.9. The molecule has 0 radical (unpaired) electrons. The van der Waals surface area contributed by atoms with Crippen LogP contribution in [0.15, 0.2) is 24.5 Å². The lowest BCUT2D eigenvalue weighted by Crippen LogP contribution is -2.60. The number of nitrogens with one attached hydrogen (secondary N) is 1. The molecule has 2 N–H and O–H groups in total. The van der Waals surface area contributed by atoms with Crippen molar-refractivity contribution in [2.75, 3.05) is 49.6 Å². The van der Waals surface area contributed by atoms with Gasteiger partial charge in [0.25, 0.3) is 6.43 Å². The van der Waals surface area contributed by atoms with E-state index in [1.807, 2.05) is 19.1 Å². The maximum Gasteiger partial charge on any atom is 0.282 e. The predicted octanol–water partition coefficient (Wildman–Crippen LogP) is 2.97. The molecule has 2 aliphatic heterocycles. The number of fused-ring (bicyclic) bond motifs is 1. The number of rotatable bonds is 5. The highest BCUT2D eigenvalue weighted by Gasteiger charge is 2.44. The Morgan fingerprint density at radius 1 is 1.24 bits per heavy atom. The van der Waals surface area contributed by atoms with Crippen LogP contribution < -0.4 is 10.2 Å². The van der Waals surface area contributed by atoms with E-state index in [0.717, 1.165) is 41.9 Å². The van der Waals surface area contributed by atoms with E-state index in [2.05, 4.69) is 30.2 Å². The molecular weight excluding hydrogens is 468 g/mol. The van der Waals surface area contributed by atoms with Crippen molar-refractivity contribution in [2.24, 2.45) is 7.05 Å². The summed E-state index contributed by atoms with van der Waals surface area (Å²) in [5, 5.41) is 18.4. The van der Waals surface area contributed by atoms with E-state index in [1.165, 1.54) is 13.2 Å². The first kappa shape index (κ1) is 23.2. The molecule has 12 heteroatoms. The molecule has 0 amide bonds. The van der Waals surface area contributed by atoms with Crippen LogP contribution in [0.5, 0.6) is 0 Å². The number of benzene rings is 1. The van der Waals surface area contributed by atoms with Crippen molar-refractivity contribution in [3.05, 3.63) is 35.2 Å². The molecule has 0 bridgehead atoms. The van der Waals surface area contributed by atoms with Crippen molar-refractivity contribution in [1.29, 1.82) is 0 Å². The van der Waals surface area contributed by atoms with E-state index < -0.39 is 12.5 Å². The molecule has 5 rings (SSSR count). The van der Waals surface area contributed by atoms with Gasteiger partial charge in [0.15, 0.2) is 0 Å². The molecule has 2 aliphatic rings. The third-order valence-electron chi connectivity index (χ3n) is 6.82. The number of nitrogens with zero attached hydrogens (tertiary/aromatic N) is 6. The highest BCUT2D eigenvalue weighted by molar-refractivity contribution is 6.34. The number of aryl methyl sites for hydroxylation is 1. The number of hydrogen-bond acceptors (Lipinski definition) is 8. The van der Waals surface area contributed by atoms with Gasteiger partial charge in [0, 0.05) is 44.8 Å². The number of piperazine rings is 1. The number of aliphatic hydroxyl groups excluding tert-OH is 1. The van der Waals surface area contributed by atoms with Gasteiger partial charge in [0.1, 0.15) is 5.69 Å². The van der Waals surface area contributed by atoms with Crippen LogP contribution in [-0.4, -0.2) is 80.8 Å². The first-order chi connectivity index (χ1) is 16.3. The number of aliphatic hydroxyl groups is 1. The second-order valence-corrected chi connectivity index (χ2v) is 9.32. The molecule has 3 aromatic rings. The van der Waals surface area contributed by atoms with Crippen molar-refractivity contribution >= 4 is 39.8 Å². The zero-order valence-electron chi connectivity index (χ0n) is 18.9. The van der Waals surface area contributed by atoms with Gasteiger partial charge in [-0.15, -0.1) is 0 Å². The third kappa shape index (κ3) is 4.06. The molecule has 2 unspecified atom stereocenters. The summed E-state index contributed by atoms with van der Waals surface area (Å²) in [6, 6.07) is 3.71. The molecule has 0 saturated carbocycles. The Balaban J connectivity index is 1.36. The number of anilines is 3. The summed E-state index contributed by atoms with van der Waals surface area (Å²) in [6.07, 6.45) is -0.247. The largest absolute Gasteiger partial charge is 0.389 e. The Morgan fingerprint density at radius 2 is 2.00 bits per heavy atom. The summed E-state index contributed by atoms with van der Waals surface area (Å²) in [5.74, 6) is 0.198. The molecule has 2 fully saturated rings. The van der Waals surface area contributed by atoms with Crippen molar-refractivity contribution in [3.8, 4) is 0 Å². The van der Waals surface area contributed by atoms with Gasteiger partial charge in [0.2, 0.25) is 5.95 Å². The summed E-state index contributed by atoms with van der Waals surface area (Å²) in [5.41, 5.74) is 1.05. The van der Waals surface area contributed by atoms with E-state index in [-0.39, 0.29) is 22.9 Å². The van der Waals surface area contributed by atoms with E-state index in [4.69, 9.17) is 16.3 Å². The molecule has 1 aromatic carbocycles. The monoisotopic (exact) mass is 493 g/mol. The lowest BCUT2D eigenvalue weighted by atomic mass is 9.95. The minimum Gasteiger partial charge on any atom is -0.389 e. The minimum atomic E-state index is -2.68. The number of ether oxygens (including phenoxy) is 1. The van der Waals surface area contributed by atoms with Gasteiger partial charge in [0.05, 0.1) is 53.0 Å². The first-order valence-electron chi connectivity index (χ1n) is 11.1. The van der Waals surface area contributed by atoms with Crippen LogP contribution in [0.2, 0.25) is 5.02 Å². The zero-order chi connectivity index (χ0) is 24.0. The molecular formula is C22H26ClF2N7O2. The summed E-state index contributed by atoms with van der Waals surface area (Å²) in [4.78, 5) is 13.2. The molecule has 0 spiro atoms. The van der Waals surface area contributed by atoms with Gasteiger partial charge < -0.3 is 20.1 Å². The van der Waals surface area contributed by atoms with Crippen LogP contribution in [-0.2, 0) is 11.8 Å². The van der Waals surface area contributed by atoms with Crippen molar-refractivity contribution in [1.82, 2.24) is 24.6 Å². The van der Waals surface area contributed by atoms with Gasteiger partial charge in [-0.1, -0.05) is 11.6 Å². The summed E-state index contributed by atoms with van der Waals surface area (Å²) < 4.78 is 33.3. The van der Waals surface area contributed by atoms with Crippen LogP contribution in [0, 0.1) is 0 Å². The fourth-order valence-electron chi connectivity index (χ4n) is 4.68. The predicted molar refractivity (Wildman–Crippen MR) is 125 cm³/mol. The van der Waals surface area contributed by atoms with Gasteiger partial charge >= 0.3 is 0 Å². The van der Waals surface area contributed by atoms with Crippen molar-refractivity contribution in [3.63, 3.8) is 0 Å². The lowest BCUT2D eigenvalue weighted by Gasteiger charge is -2.45. The number of aromatic nitrogens is 4. The average Bonchev–Trinajstić information content (AvgIpc) is 3.35. The summed E-state index contributed by atoms with van der Waals surface area (Å²) >= 11 is 6.60. The summed E-state index contributed by atoms with van der Waals surface area (Å²) in [7, 11) is 1.46. The lowest BCUT2D eigenvalue weighted by molar-refractivity contribution is 0.00884. The minimum absolute atomic E-state index is 0.161. The maximum atomic E-state index is 13.4. The Labute approximate surface area is 200 Å².